The zero-order valence-electron chi connectivity index (χ0n) is 10.9. The van der Waals surface area contributed by atoms with Crippen molar-refractivity contribution in [3.63, 3.8) is 0 Å². The lowest BCUT2D eigenvalue weighted by Gasteiger charge is -2.16. The van der Waals surface area contributed by atoms with Gasteiger partial charge in [-0.25, -0.2) is 9.97 Å². The highest BCUT2D eigenvalue weighted by Crippen LogP contribution is 2.20. The molecule has 0 saturated heterocycles. The molecule has 4 nitrogen and oxygen atoms in total. The molecule has 16 heavy (non-hydrogen) atoms. The summed E-state index contributed by atoms with van der Waals surface area (Å²) in [4.78, 5) is 11.1. The first-order chi connectivity index (χ1) is 7.45. The molecule has 2 N–H and O–H groups in total. The predicted molar refractivity (Wildman–Crippen MR) is 66.4 cm³/mol. The van der Waals surface area contributed by atoms with Crippen molar-refractivity contribution in [3.8, 4) is 0 Å². The second-order valence-corrected chi connectivity index (χ2v) is 4.60. The van der Waals surface area contributed by atoms with Crippen LogP contribution in [0.15, 0.2) is 0 Å². The average Bonchev–Trinajstić information content (AvgIpc) is 2.15. The third kappa shape index (κ3) is 3.00. The molecule has 0 bridgehead atoms. The Hall–Kier alpha value is -1.00. The molecular weight excluding hydrogens is 200 g/mol. The molecule has 90 valence electrons. The Morgan fingerprint density at radius 3 is 2.06 bits per heavy atom. The van der Waals surface area contributed by atoms with Crippen LogP contribution in [0.25, 0.3) is 0 Å². The highest BCUT2D eigenvalue weighted by atomic mass is 15.1. The zero-order valence-corrected chi connectivity index (χ0v) is 10.9. The van der Waals surface area contributed by atoms with Crippen molar-refractivity contribution in [2.75, 3.05) is 20.6 Å². The minimum absolute atomic E-state index is 0.327. The van der Waals surface area contributed by atoms with Crippen molar-refractivity contribution >= 4 is 0 Å². The van der Waals surface area contributed by atoms with Crippen LogP contribution in [0.5, 0.6) is 0 Å². The summed E-state index contributed by atoms with van der Waals surface area (Å²) in [5, 5.41) is 0. The number of nitrogens with two attached hydrogens (primary N) is 1. The Morgan fingerprint density at radius 2 is 1.69 bits per heavy atom. The van der Waals surface area contributed by atoms with Gasteiger partial charge in [-0.05, 0) is 46.0 Å². The van der Waals surface area contributed by atoms with Gasteiger partial charge < -0.3 is 10.6 Å². The lowest BCUT2D eigenvalue weighted by atomic mass is 9.98. The molecule has 0 aliphatic heterocycles. The van der Waals surface area contributed by atoms with E-state index in [1.54, 1.807) is 0 Å². The van der Waals surface area contributed by atoms with Crippen LogP contribution in [0.3, 0.4) is 0 Å². The number of aromatic nitrogens is 2. The van der Waals surface area contributed by atoms with E-state index < -0.39 is 0 Å². The summed E-state index contributed by atoms with van der Waals surface area (Å²) in [5.41, 5.74) is 9.01. The molecule has 0 fully saturated rings. The van der Waals surface area contributed by atoms with Gasteiger partial charge in [0.05, 0.1) is 6.54 Å². The van der Waals surface area contributed by atoms with E-state index in [9.17, 15) is 0 Å². The van der Waals surface area contributed by atoms with Crippen LogP contribution in [0, 0.1) is 13.8 Å². The Balaban J connectivity index is 3.07. The van der Waals surface area contributed by atoms with Crippen LogP contribution in [0.1, 0.15) is 35.6 Å². The van der Waals surface area contributed by atoms with E-state index in [0.29, 0.717) is 12.5 Å². The highest BCUT2D eigenvalue weighted by molar-refractivity contribution is 5.28. The first kappa shape index (κ1) is 13.1. The normalized spacial score (nSPS) is 13.2. The third-order valence-electron chi connectivity index (χ3n) is 2.68. The van der Waals surface area contributed by atoms with Gasteiger partial charge in [0, 0.05) is 11.4 Å². The molecule has 0 spiro atoms. The molecule has 0 aliphatic rings. The Morgan fingerprint density at radius 1 is 1.19 bits per heavy atom. The van der Waals surface area contributed by atoms with E-state index in [2.05, 4.69) is 21.8 Å². The summed E-state index contributed by atoms with van der Waals surface area (Å²) in [6, 6.07) is 0. The first-order valence-electron chi connectivity index (χ1n) is 5.64. The smallest absolute Gasteiger partial charge is 0.142 e. The van der Waals surface area contributed by atoms with E-state index in [0.717, 1.165) is 23.8 Å². The van der Waals surface area contributed by atoms with Gasteiger partial charge in [0.1, 0.15) is 5.82 Å². The van der Waals surface area contributed by atoms with Gasteiger partial charge in [-0.15, -0.1) is 0 Å². The molecule has 1 atom stereocenters. The number of rotatable bonds is 4. The van der Waals surface area contributed by atoms with E-state index in [4.69, 9.17) is 5.73 Å². The molecule has 0 radical (unpaired) electrons. The summed E-state index contributed by atoms with van der Waals surface area (Å²) >= 11 is 0. The second kappa shape index (κ2) is 5.37. The topological polar surface area (TPSA) is 55.0 Å². The van der Waals surface area contributed by atoms with Crippen molar-refractivity contribution < 1.29 is 0 Å². The van der Waals surface area contributed by atoms with Crippen molar-refractivity contribution in [1.29, 1.82) is 0 Å². The van der Waals surface area contributed by atoms with Gasteiger partial charge in [-0.3, -0.25) is 0 Å². The summed E-state index contributed by atoms with van der Waals surface area (Å²) in [5.74, 6) is 1.21. The molecule has 1 rings (SSSR count). The lowest BCUT2D eigenvalue weighted by Crippen LogP contribution is -2.18. The molecule has 0 aliphatic carbocycles. The van der Waals surface area contributed by atoms with Crippen LogP contribution in [-0.4, -0.2) is 35.5 Å². The Labute approximate surface area is 97.9 Å². The molecule has 0 aromatic carbocycles. The van der Waals surface area contributed by atoms with Crippen LogP contribution >= 0.6 is 0 Å². The second-order valence-electron chi connectivity index (χ2n) is 4.60. The van der Waals surface area contributed by atoms with Gasteiger partial charge >= 0.3 is 0 Å². The van der Waals surface area contributed by atoms with Crippen molar-refractivity contribution in [1.82, 2.24) is 14.9 Å². The fourth-order valence-corrected chi connectivity index (χ4v) is 1.98. The van der Waals surface area contributed by atoms with E-state index >= 15 is 0 Å². The summed E-state index contributed by atoms with van der Waals surface area (Å²) in [7, 11) is 4.04. The molecule has 0 amide bonds. The molecule has 1 unspecified atom stereocenters. The number of aryl methyl sites for hydroxylation is 2. The molecule has 1 heterocycles. The largest absolute Gasteiger partial charge is 0.330 e. The third-order valence-corrected chi connectivity index (χ3v) is 2.68. The quantitative estimate of drug-likeness (QED) is 0.832. The van der Waals surface area contributed by atoms with Crippen molar-refractivity contribution in [2.45, 2.75) is 33.2 Å². The van der Waals surface area contributed by atoms with Crippen LogP contribution in [0.2, 0.25) is 0 Å². The maximum Gasteiger partial charge on any atom is 0.142 e. The van der Waals surface area contributed by atoms with Crippen molar-refractivity contribution in [2.24, 2.45) is 5.73 Å². The number of nitrogens with zero attached hydrogens (tertiary/aromatic N) is 3. The van der Waals surface area contributed by atoms with E-state index in [1.807, 2.05) is 27.9 Å². The standard InChI is InChI=1S/C12H22N4/c1-8(6-13)12-9(2)14-11(7-16(4)5)15-10(12)3/h8H,6-7,13H2,1-5H3. The van der Waals surface area contributed by atoms with Crippen LogP contribution < -0.4 is 5.73 Å². The first-order valence-corrected chi connectivity index (χ1v) is 5.64. The summed E-state index contributed by atoms with van der Waals surface area (Å²) in [6.07, 6.45) is 0. The fraction of sp³-hybridized carbons (Fsp3) is 0.667. The van der Waals surface area contributed by atoms with E-state index in [1.165, 1.54) is 5.56 Å². The maximum absolute atomic E-state index is 5.70. The van der Waals surface area contributed by atoms with Crippen LogP contribution in [-0.2, 0) is 6.54 Å². The predicted octanol–water partition coefficient (Wildman–Crippen LogP) is 1.22. The molecule has 1 aromatic heterocycles. The van der Waals surface area contributed by atoms with Crippen molar-refractivity contribution in [3.05, 3.63) is 22.8 Å². The fourth-order valence-electron chi connectivity index (χ4n) is 1.98. The Bertz CT molecular complexity index is 337. The van der Waals surface area contributed by atoms with Gasteiger partial charge in [0.2, 0.25) is 0 Å². The van der Waals surface area contributed by atoms with Gasteiger partial charge in [-0.2, -0.15) is 0 Å². The van der Waals surface area contributed by atoms with Gasteiger partial charge in [0.15, 0.2) is 0 Å². The molecule has 4 heteroatoms. The SMILES string of the molecule is Cc1nc(CN(C)C)nc(C)c1C(C)CN. The zero-order chi connectivity index (χ0) is 12.3. The average molecular weight is 222 g/mol. The number of hydrogen-bond donors (Lipinski definition) is 1. The Kier molecular flexibility index (Phi) is 4.38. The van der Waals surface area contributed by atoms with Crippen LogP contribution in [0.4, 0.5) is 0 Å². The highest BCUT2D eigenvalue weighted by Gasteiger charge is 2.13. The summed E-state index contributed by atoms with van der Waals surface area (Å²) < 4.78 is 0. The van der Waals surface area contributed by atoms with Gasteiger partial charge in [0.25, 0.3) is 0 Å². The number of hydrogen-bond acceptors (Lipinski definition) is 4. The minimum atomic E-state index is 0.327. The summed E-state index contributed by atoms with van der Waals surface area (Å²) in [6.45, 7) is 7.60. The minimum Gasteiger partial charge on any atom is -0.330 e. The lowest BCUT2D eigenvalue weighted by molar-refractivity contribution is 0.389. The maximum atomic E-state index is 5.70. The van der Waals surface area contributed by atoms with E-state index in [-0.39, 0.29) is 0 Å². The monoisotopic (exact) mass is 222 g/mol. The molecule has 0 saturated carbocycles. The molecular formula is C12H22N4. The molecule has 1 aromatic rings. The van der Waals surface area contributed by atoms with Gasteiger partial charge in [-0.1, -0.05) is 6.92 Å².